The molecule has 1 N–H and O–H groups in total. The van der Waals surface area contributed by atoms with Crippen molar-refractivity contribution in [1.29, 1.82) is 0 Å². The molecule has 5 heteroatoms. The first-order valence-electron chi connectivity index (χ1n) is 7.82. The Balaban J connectivity index is 1.73. The fraction of sp³-hybridized carbons (Fsp3) is 0.529. The van der Waals surface area contributed by atoms with E-state index in [-0.39, 0.29) is 17.7 Å². The van der Waals surface area contributed by atoms with Gasteiger partial charge in [0.15, 0.2) is 5.78 Å². The van der Waals surface area contributed by atoms with Crippen LogP contribution in [0.5, 0.6) is 5.75 Å². The van der Waals surface area contributed by atoms with E-state index < -0.39 is 0 Å². The van der Waals surface area contributed by atoms with E-state index in [0.29, 0.717) is 30.8 Å². The maximum Gasteiger partial charge on any atom is 0.223 e. The van der Waals surface area contributed by atoms with Gasteiger partial charge in [-0.2, -0.15) is 0 Å². The molecule has 0 aliphatic carbocycles. The van der Waals surface area contributed by atoms with Gasteiger partial charge in [-0.05, 0) is 32.4 Å². The minimum atomic E-state index is 0.0216. The smallest absolute Gasteiger partial charge is 0.223 e. The van der Waals surface area contributed by atoms with Crippen LogP contribution in [0.2, 0.25) is 0 Å². The molecule has 1 amide bonds. The highest BCUT2D eigenvalue weighted by molar-refractivity contribution is 5.94. The van der Waals surface area contributed by atoms with E-state index in [0.717, 1.165) is 19.6 Å². The van der Waals surface area contributed by atoms with Crippen LogP contribution in [0.1, 0.15) is 37.0 Å². The summed E-state index contributed by atoms with van der Waals surface area (Å²) in [6.45, 7) is 6.58. The number of benzene rings is 1. The molecule has 1 aliphatic rings. The van der Waals surface area contributed by atoms with Gasteiger partial charge < -0.3 is 15.0 Å². The molecule has 1 unspecified atom stereocenters. The summed E-state index contributed by atoms with van der Waals surface area (Å²) in [6, 6.07) is 7.40. The average molecular weight is 304 g/mol. The van der Waals surface area contributed by atoms with Gasteiger partial charge in [-0.15, -0.1) is 0 Å². The SMILES string of the molecule is CC(=O)c1cccc(OCCCC(=O)N2CCNCC2C)c1. The third-order valence-electron chi connectivity index (χ3n) is 3.87. The van der Waals surface area contributed by atoms with Crippen molar-refractivity contribution in [2.45, 2.75) is 32.7 Å². The van der Waals surface area contributed by atoms with Gasteiger partial charge in [0.2, 0.25) is 5.91 Å². The molecule has 5 nitrogen and oxygen atoms in total. The Morgan fingerprint density at radius 3 is 2.95 bits per heavy atom. The molecule has 2 rings (SSSR count). The monoisotopic (exact) mass is 304 g/mol. The molecule has 22 heavy (non-hydrogen) atoms. The van der Waals surface area contributed by atoms with Gasteiger partial charge in [-0.3, -0.25) is 9.59 Å². The normalized spacial score (nSPS) is 18.1. The first-order chi connectivity index (χ1) is 10.6. The number of amides is 1. The molecule has 1 aromatic carbocycles. The first kappa shape index (κ1) is 16.5. The van der Waals surface area contributed by atoms with Crippen molar-refractivity contribution in [3.63, 3.8) is 0 Å². The van der Waals surface area contributed by atoms with E-state index >= 15 is 0 Å². The van der Waals surface area contributed by atoms with Gasteiger partial charge in [0.05, 0.1) is 6.61 Å². The van der Waals surface area contributed by atoms with Crippen LogP contribution >= 0.6 is 0 Å². The summed E-state index contributed by atoms with van der Waals surface area (Å²) in [5.41, 5.74) is 0.642. The summed E-state index contributed by atoms with van der Waals surface area (Å²) in [5, 5.41) is 3.28. The molecule has 0 saturated carbocycles. The summed E-state index contributed by atoms with van der Waals surface area (Å²) in [6.07, 6.45) is 1.18. The molecule has 1 heterocycles. The summed E-state index contributed by atoms with van der Waals surface area (Å²) in [7, 11) is 0. The number of Topliss-reactive ketones (excluding diaryl/α,β-unsaturated/α-hetero) is 1. The van der Waals surface area contributed by atoms with E-state index in [2.05, 4.69) is 12.2 Å². The molecular weight excluding hydrogens is 280 g/mol. The van der Waals surface area contributed by atoms with Gasteiger partial charge >= 0.3 is 0 Å². The highest BCUT2D eigenvalue weighted by Gasteiger charge is 2.22. The van der Waals surface area contributed by atoms with Crippen LogP contribution in [0.4, 0.5) is 0 Å². The largest absolute Gasteiger partial charge is 0.494 e. The van der Waals surface area contributed by atoms with E-state index in [1.807, 2.05) is 11.0 Å². The highest BCUT2D eigenvalue weighted by Crippen LogP contribution is 2.14. The van der Waals surface area contributed by atoms with Crippen molar-refractivity contribution in [2.75, 3.05) is 26.2 Å². The zero-order chi connectivity index (χ0) is 15.9. The number of nitrogens with one attached hydrogen (secondary N) is 1. The Labute approximate surface area is 131 Å². The Bertz CT molecular complexity index is 530. The lowest BCUT2D eigenvalue weighted by Crippen LogP contribution is -2.52. The lowest BCUT2D eigenvalue weighted by Gasteiger charge is -2.34. The van der Waals surface area contributed by atoms with Gasteiger partial charge in [0.1, 0.15) is 5.75 Å². The maximum absolute atomic E-state index is 12.2. The number of nitrogens with zero attached hydrogens (tertiary/aromatic N) is 1. The molecule has 1 aliphatic heterocycles. The average Bonchev–Trinajstić information content (AvgIpc) is 2.52. The second-order valence-corrected chi connectivity index (χ2v) is 5.68. The molecule has 120 valence electrons. The van der Waals surface area contributed by atoms with E-state index in [1.165, 1.54) is 6.92 Å². The quantitative estimate of drug-likeness (QED) is 0.644. The zero-order valence-corrected chi connectivity index (χ0v) is 13.3. The molecule has 0 bridgehead atoms. The molecule has 0 radical (unpaired) electrons. The van der Waals surface area contributed by atoms with Crippen LogP contribution in [0.3, 0.4) is 0 Å². The minimum absolute atomic E-state index is 0.0216. The topological polar surface area (TPSA) is 58.6 Å². The summed E-state index contributed by atoms with van der Waals surface area (Å²) in [4.78, 5) is 25.4. The van der Waals surface area contributed by atoms with E-state index in [1.54, 1.807) is 18.2 Å². The summed E-state index contributed by atoms with van der Waals surface area (Å²) in [5.74, 6) is 0.888. The van der Waals surface area contributed by atoms with Crippen molar-refractivity contribution in [3.8, 4) is 5.75 Å². The van der Waals surface area contributed by atoms with Crippen LogP contribution in [0.25, 0.3) is 0 Å². The standard InChI is InChI=1S/C17H24N2O3/c1-13-12-18-8-9-19(13)17(21)7-4-10-22-16-6-3-5-15(11-16)14(2)20/h3,5-6,11,13,18H,4,7-10,12H2,1-2H3. The molecule has 1 aromatic rings. The molecule has 1 atom stereocenters. The molecule has 0 aromatic heterocycles. The van der Waals surface area contributed by atoms with Gasteiger partial charge in [-0.1, -0.05) is 12.1 Å². The molecule has 1 fully saturated rings. The number of carbonyl (C=O) groups excluding carboxylic acids is 2. The number of ether oxygens (including phenoxy) is 1. The zero-order valence-electron chi connectivity index (χ0n) is 13.3. The first-order valence-corrected chi connectivity index (χ1v) is 7.82. The van der Waals surface area contributed by atoms with Crippen molar-refractivity contribution >= 4 is 11.7 Å². The van der Waals surface area contributed by atoms with Crippen LogP contribution in [-0.2, 0) is 4.79 Å². The van der Waals surface area contributed by atoms with Crippen LogP contribution in [0, 0.1) is 0 Å². The van der Waals surface area contributed by atoms with Crippen LogP contribution < -0.4 is 10.1 Å². The second kappa shape index (κ2) is 7.94. The van der Waals surface area contributed by atoms with Gasteiger partial charge in [0.25, 0.3) is 0 Å². The van der Waals surface area contributed by atoms with Gasteiger partial charge in [0, 0.05) is 37.7 Å². The van der Waals surface area contributed by atoms with Crippen molar-refractivity contribution in [1.82, 2.24) is 10.2 Å². The van der Waals surface area contributed by atoms with Crippen LogP contribution in [0.15, 0.2) is 24.3 Å². The summed E-state index contributed by atoms with van der Waals surface area (Å²) >= 11 is 0. The number of hydrogen-bond donors (Lipinski definition) is 1. The number of carbonyl (C=O) groups is 2. The second-order valence-electron chi connectivity index (χ2n) is 5.68. The number of ketones is 1. The van der Waals surface area contributed by atoms with E-state index in [9.17, 15) is 9.59 Å². The van der Waals surface area contributed by atoms with Crippen LogP contribution in [-0.4, -0.2) is 48.9 Å². The lowest BCUT2D eigenvalue weighted by molar-refractivity contribution is -0.134. The number of hydrogen-bond acceptors (Lipinski definition) is 4. The number of rotatable bonds is 6. The summed E-state index contributed by atoms with van der Waals surface area (Å²) < 4.78 is 5.63. The number of piperazine rings is 1. The Morgan fingerprint density at radius 2 is 2.23 bits per heavy atom. The third-order valence-corrected chi connectivity index (χ3v) is 3.87. The fourth-order valence-corrected chi connectivity index (χ4v) is 2.57. The van der Waals surface area contributed by atoms with E-state index in [4.69, 9.17) is 4.74 Å². The highest BCUT2D eigenvalue weighted by atomic mass is 16.5. The van der Waals surface area contributed by atoms with Gasteiger partial charge in [-0.25, -0.2) is 0 Å². The molecule has 0 spiro atoms. The molecular formula is C17H24N2O3. The Kier molecular flexibility index (Phi) is 5.95. The minimum Gasteiger partial charge on any atom is -0.494 e. The molecule has 1 saturated heterocycles. The van der Waals surface area contributed by atoms with Crippen molar-refractivity contribution in [2.24, 2.45) is 0 Å². The lowest BCUT2D eigenvalue weighted by atomic mass is 10.1. The fourth-order valence-electron chi connectivity index (χ4n) is 2.57. The third kappa shape index (κ3) is 4.56. The maximum atomic E-state index is 12.2. The van der Waals surface area contributed by atoms with Crippen molar-refractivity contribution < 1.29 is 14.3 Å². The predicted octanol–water partition coefficient (Wildman–Crippen LogP) is 1.87. The Morgan fingerprint density at radius 1 is 1.41 bits per heavy atom. The van der Waals surface area contributed by atoms with Crippen molar-refractivity contribution in [3.05, 3.63) is 29.8 Å². The predicted molar refractivity (Wildman–Crippen MR) is 85.2 cm³/mol. The Hall–Kier alpha value is -1.88.